The number of nitrogens with zero attached hydrogens (tertiary/aromatic N) is 3. The summed E-state index contributed by atoms with van der Waals surface area (Å²) in [5.74, 6) is 0. The predicted octanol–water partition coefficient (Wildman–Crippen LogP) is 0.428. The van der Waals surface area contributed by atoms with Gasteiger partial charge in [-0.2, -0.15) is 0 Å². The Labute approximate surface area is 110 Å². The van der Waals surface area contributed by atoms with Crippen molar-refractivity contribution in [2.45, 2.75) is 25.8 Å². The van der Waals surface area contributed by atoms with Crippen LogP contribution >= 0.6 is 0 Å². The molecule has 0 aliphatic carbocycles. The van der Waals surface area contributed by atoms with Crippen LogP contribution in [0.15, 0.2) is 0 Å². The summed E-state index contributed by atoms with van der Waals surface area (Å²) in [4.78, 5) is 18.5. The second kappa shape index (κ2) is 6.38. The first kappa shape index (κ1) is 13.6. The standard InChI is InChI=1S/C13H26N4O/c1-3-4-12-11-17(13(18)15(12)2)10-9-16-7-5-14-6-8-16/h12,14H,3-11H2,1-2H3. The van der Waals surface area contributed by atoms with Gasteiger partial charge in [-0.05, 0) is 6.42 Å². The molecule has 0 saturated carbocycles. The lowest BCUT2D eigenvalue weighted by Crippen LogP contribution is -2.46. The summed E-state index contributed by atoms with van der Waals surface area (Å²) in [6, 6.07) is 0.633. The molecule has 2 heterocycles. The van der Waals surface area contributed by atoms with Crippen molar-refractivity contribution in [3.05, 3.63) is 0 Å². The maximum Gasteiger partial charge on any atom is 0.320 e. The van der Waals surface area contributed by atoms with Crippen molar-refractivity contribution in [3.63, 3.8) is 0 Å². The fourth-order valence-corrected chi connectivity index (χ4v) is 2.84. The van der Waals surface area contributed by atoms with Crippen LogP contribution in [0.2, 0.25) is 0 Å². The molecule has 1 N–H and O–H groups in total. The van der Waals surface area contributed by atoms with Crippen molar-refractivity contribution in [1.82, 2.24) is 20.0 Å². The largest absolute Gasteiger partial charge is 0.323 e. The number of carbonyl (C=O) groups is 1. The lowest BCUT2D eigenvalue weighted by molar-refractivity contribution is 0.181. The highest BCUT2D eigenvalue weighted by Crippen LogP contribution is 2.17. The molecule has 0 radical (unpaired) electrons. The van der Waals surface area contributed by atoms with E-state index in [1.165, 1.54) is 0 Å². The SMILES string of the molecule is CCCC1CN(CCN2CCNCC2)C(=O)N1C. The van der Waals surface area contributed by atoms with E-state index in [-0.39, 0.29) is 6.03 Å². The van der Waals surface area contributed by atoms with Gasteiger partial charge < -0.3 is 15.1 Å². The Morgan fingerprint density at radius 2 is 2.00 bits per heavy atom. The number of hydrogen-bond donors (Lipinski definition) is 1. The zero-order valence-corrected chi connectivity index (χ0v) is 11.7. The molecule has 0 spiro atoms. The third-order valence-corrected chi connectivity index (χ3v) is 4.07. The number of urea groups is 1. The lowest BCUT2D eigenvalue weighted by Gasteiger charge is -2.28. The number of carbonyl (C=O) groups excluding carboxylic acids is 1. The smallest absolute Gasteiger partial charge is 0.320 e. The molecule has 18 heavy (non-hydrogen) atoms. The number of rotatable bonds is 5. The van der Waals surface area contributed by atoms with Crippen LogP contribution in [-0.4, -0.2) is 79.6 Å². The summed E-state index contributed by atoms with van der Waals surface area (Å²) < 4.78 is 0. The summed E-state index contributed by atoms with van der Waals surface area (Å²) in [6.07, 6.45) is 2.26. The van der Waals surface area contributed by atoms with Gasteiger partial charge in [0.25, 0.3) is 0 Å². The number of piperazine rings is 1. The average molecular weight is 254 g/mol. The van der Waals surface area contributed by atoms with Crippen LogP contribution in [-0.2, 0) is 0 Å². The third kappa shape index (κ3) is 3.14. The highest BCUT2D eigenvalue weighted by Gasteiger charge is 2.33. The minimum Gasteiger partial charge on any atom is -0.323 e. The van der Waals surface area contributed by atoms with E-state index in [0.717, 1.165) is 58.7 Å². The van der Waals surface area contributed by atoms with E-state index in [9.17, 15) is 4.79 Å². The summed E-state index contributed by atoms with van der Waals surface area (Å²) >= 11 is 0. The number of amides is 2. The van der Waals surface area contributed by atoms with E-state index in [4.69, 9.17) is 0 Å². The molecule has 2 rings (SSSR count). The summed E-state index contributed by atoms with van der Waals surface area (Å²) in [7, 11) is 1.94. The Balaban J connectivity index is 1.77. The van der Waals surface area contributed by atoms with E-state index in [2.05, 4.69) is 17.1 Å². The highest BCUT2D eigenvalue weighted by atomic mass is 16.2. The van der Waals surface area contributed by atoms with Crippen molar-refractivity contribution < 1.29 is 4.79 Å². The maximum absolute atomic E-state index is 12.1. The minimum atomic E-state index is 0.212. The van der Waals surface area contributed by atoms with Crippen molar-refractivity contribution >= 4 is 6.03 Å². The van der Waals surface area contributed by atoms with Crippen molar-refractivity contribution in [3.8, 4) is 0 Å². The van der Waals surface area contributed by atoms with Crippen LogP contribution < -0.4 is 5.32 Å². The number of likely N-dealkylation sites (N-methyl/N-ethyl adjacent to an activating group) is 1. The summed E-state index contributed by atoms with van der Waals surface area (Å²) in [6.45, 7) is 9.35. The van der Waals surface area contributed by atoms with Gasteiger partial charge in [-0.3, -0.25) is 4.90 Å². The monoisotopic (exact) mass is 254 g/mol. The molecule has 0 aromatic rings. The van der Waals surface area contributed by atoms with E-state index >= 15 is 0 Å². The predicted molar refractivity (Wildman–Crippen MR) is 72.7 cm³/mol. The van der Waals surface area contributed by atoms with Gasteiger partial charge in [-0.1, -0.05) is 13.3 Å². The molecular formula is C13H26N4O. The average Bonchev–Trinajstić information content (AvgIpc) is 2.66. The maximum atomic E-state index is 12.1. The Bertz CT molecular complexity index is 278. The minimum absolute atomic E-state index is 0.212. The molecule has 1 unspecified atom stereocenters. The summed E-state index contributed by atoms with van der Waals surface area (Å²) in [5.41, 5.74) is 0. The second-order valence-corrected chi connectivity index (χ2v) is 5.37. The van der Waals surface area contributed by atoms with Gasteiger partial charge in [0.05, 0.1) is 6.04 Å². The molecule has 5 nitrogen and oxygen atoms in total. The molecule has 5 heteroatoms. The Hall–Kier alpha value is -0.810. The van der Waals surface area contributed by atoms with Crippen LogP contribution in [0.4, 0.5) is 4.79 Å². The van der Waals surface area contributed by atoms with Crippen LogP contribution in [0.25, 0.3) is 0 Å². The molecule has 2 aliphatic heterocycles. The first-order valence-electron chi connectivity index (χ1n) is 7.17. The first-order valence-corrected chi connectivity index (χ1v) is 7.17. The van der Waals surface area contributed by atoms with E-state index in [0.29, 0.717) is 6.04 Å². The topological polar surface area (TPSA) is 38.8 Å². The van der Waals surface area contributed by atoms with Gasteiger partial charge in [0.2, 0.25) is 0 Å². The van der Waals surface area contributed by atoms with Crippen LogP contribution in [0.5, 0.6) is 0 Å². The summed E-state index contributed by atoms with van der Waals surface area (Å²) in [5, 5.41) is 3.35. The first-order chi connectivity index (χ1) is 8.72. The molecule has 104 valence electrons. The fourth-order valence-electron chi connectivity index (χ4n) is 2.84. The van der Waals surface area contributed by atoms with Gasteiger partial charge >= 0.3 is 6.03 Å². The van der Waals surface area contributed by atoms with Gasteiger partial charge in [-0.25, -0.2) is 4.79 Å². The zero-order chi connectivity index (χ0) is 13.0. The van der Waals surface area contributed by atoms with Gasteiger partial charge in [0, 0.05) is 52.9 Å². The molecule has 2 saturated heterocycles. The molecule has 2 aliphatic rings. The fraction of sp³-hybridized carbons (Fsp3) is 0.923. The van der Waals surface area contributed by atoms with Crippen LogP contribution in [0.1, 0.15) is 19.8 Å². The Kier molecular flexibility index (Phi) is 4.83. The quantitative estimate of drug-likeness (QED) is 0.773. The van der Waals surface area contributed by atoms with E-state index < -0.39 is 0 Å². The number of hydrogen-bond acceptors (Lipinski definition) is 3. The van der Waals surface area contributed by atoms with E-state index in [1.807, 2.05) is 16.8 Å². The zero-order valence-electron chi connectivity index (χ0n) is 11.7. The van der Waals surface area contributed by atoms with Gasteiger partial charge in [-0.15, -0.1) is 0 Å². The molecule has 0 aromatic heterocycles. The van der Waals surface area contributed by atoms with Crippen molar-refractivity contribution in [2.75, 3.05) is 52.9 Å². The van der Waals surface area contributed by atoms with Gasteiger partial charge in [0.1, 0.15) is 0 Å². The molecule has 0 aromatic carbocycles. The van der Waals surface area contributed by atoms with Crippen LogP contribution in [0, 0.1) is 0 Å². The molecule has 2 fully saturated rings. The molecule has 0 bridgehead atoms. The van der Waals surface area contributed by atoms with Crippen molar-refractivity contribution in [1.29, 1.82) is 0 Å². The normalized spacial score (nSPS) is 26.1. The molecule has 2 amide bonds. The lowest BCUT2D eigenvalue weighted by atomic mass is 10.1. The number of nitrogens with one attached hydrogen (secondary N) is 1. The molecular weight excluding hydrogens is 228 g/mol. The van der Waals surface area contributed by atoms with E-state index in [1.54, 1.807) is 0 Å². The van der Waals surface area contributed by atoms with Crippen LogP contribution in [0.3, 0.4) is 0 Å². The highest BCUT2D eigenvalue weighted by molar-refractivity contribution is 5.76. The Morgan fingerprint density at radius 1 is 1.28 bits per heavy atom. The third-order valence-electron chi connectivity index (χ3n) is 4.07. The Morgan fingerprint density at radius 3 is 2.67 bits per heavy atom. The van der Waals surface area contributed by atoms with Crippen molar-refractivity contribution in [2.24, 2.45) is 0 Å². The second-order valence-electron chi connectivity index (χ2n) is 5.37. The van der Waals surface area contributed by atoms with Gasteiger partial charge in [0.15, 0.2) is 0 Å². The molecule has 1 atom stereocenters.